The van der Waals surface area contributed by atoms with Crippen LogP contribution >= 0.6 is 0 Å². The van der Waals surface area contributed by atoms with Crippen molar-refractivity contribution in [3.8, 4) is 17.1 Å². The lowest BCUT2D eigenvalue weighted by Gasteiger charge is -2.44. The van der Waals surface area contributed by atoms with Gasteiger partial charge in [0.25, 0.3) is 5.91 Å². The number of benzene rings is 2. The van der Waals surface area contributed by atoms with Gasteiger partial charge in [0.15, 0.2) is 11.5 Å². The summed E-state index contributed by atoms with van der Waals surface area (Å²) < 4.78 is 68.6. The summed E-state index contributed by atoms with van der Waals surface area (Å²) in [7, 11) is 0. The first-order valence-electron chi connectivity index (χ1n) is 13.3. The van der Waals surface area contributed by atoms with Crippen LogP contribution in [-0.2, 0) is 11.0 Å². The molecule has 0 radical (unpaired) electrons. The second kappa shape index (κ2) is 10.3. The Morgan fingerprint density at radius 2 is 1.60 bits per heavy atom. The van der Waals surface area contributed by atoms with Crippen molar-refractivity contribution in [3.05, 3.63) is 95.8 Å². The highest BCUT2D eigenvalue weighted by atomic mass is 19.4. The molecule has 1 amide bonds. The molecular weight excluding hydrogens is 557 g/mol. The average Bonchev–Trinajstić information content (AvgIpc) is 3.56. The molecule has 2 fully saturated rings. The molecule has 0 N–H and O–H groups in total. The van der Waals surface area contributed by atoms with E-state index < -0.39 is 29.0 Å². The summed E-state index contributed by atoms with van der Waals surface area (Å²) in [6.07, 6.45) is -2.26. The normalized spacial score (nSPS) is 16.8. The molecule has 42 heavy (non-hydrogen) atoms. The fourth-order valence-electron chi connectivity index (χ4n) is 5.84. The maximum absolute atomic E-state index is 14.5. The number of pyridine rings is 1. The van der Waals surface area contributed by atoms with Gasteiger partial charge in [-0.3, -0.25) is 14.6 Å². The molecule has 2 aromatic heterocycles. The number of carbonyl (C=O) groups excluding carboxylic acids is 2. The number of piperidine rings is 1. The summed E-state index contributed by atoms with van der Waals surface area (Å²) in [5.74, 6) is -2.21. The van der Waals surface area contributed by atoms with Crippen LogP contribution in [0.3, 0.4) is 0 Å². The molecule has 0 atom stereocenters. The summed E-state index contributed by atoms with van der Waals surface area (Å²) in [5.41, 5.74) is -0.806. The van der Waals surface area contributed by atoms with Gasteiger partial charge in [-0.25, -0.2) is 13.5 Å². The first-order chi connectivity index (χ1) is 20.1. The van der Waals surface area contributed by atoms with Crippen LogP contribution in [0.2, 0.25) is 0 Å². The Kier molecular flexibility index (Phi) is 6.78. The molecule has 6 rings (SSSR count). The molecule has 0 unspecified atom stereocenters. The van der Waals surface area contributed by atoms with E-state index in [0.29, 0.717) is 43.3 Å². The Morgan fingerprint density at radius 3 is 2.24 bits per heavy atom. The van der Waals surface area contributed by atoms with Crippen LogP contribution < -0.4 is 4.90 Å². The number of rotatable bonds is 4. The quantitative estimate of drug-likeness (QED) is 0.290. The predicted octanol–water partition coefficient (Wildman–Crippen LogP) is 5.69. The number of likely N-dealkylation sites (tertiary alicyclic amines) is 1. The molecule has 4 aromatic rings. The zero-order chi connectivity index (χ0) is 29.6. The molecule has 4 heterocycles. The first-order valence-corrected chi connectivity index (χ1v) is 13.3. The van der Waals surface area contributed by atoms with Crippen LogP contribution in [0.1, 0.15) is 35.3 Å². The zero-order valence-corrected chi connectivity index (χ0v) is 22.1. The van der Waals surface area contributed by atoms with Gasteiger partial charge in [-0.2, -0.15) is 18.3 Å². The minimum Gasteiger partial charge on any atom is -0.358 e. The number of anilines is 1. The van der Waals surface area contributed by atoms with Gasteiger partial charge in [0, 0.05) is 44.0 Å². The summed E-state index contributed by atoms with van der Waals surface area (Å²) >= 11 is 0. The Labute approximate surface area is 237 Å². The van der Waals surface area contributed by atoms with Crippen LogP contribution in [0.5, 0.6) is 0 Å². The monoisotopic (exact) mass is 581 g/mol. The third-order valence-corrected chi connectivity index (χ3v) is 7.97. The van der Waals surface area contributed by atoms with Gasteiger partial charge < -0.3 is 9.80 Å². The number of ketones is 1. The SMILES string of the molecule is O=C(c1cc(-c2ccccn2)n(-c2ccc(C(F)(F)F)c(F)c2)n1)N1CCC2(CC1)C(=O)CCN2c1ccc(F)cc1. The standard InChI is InChI=1S/C30H24F5N5O2/c31-19-4-6-20(7-5-19)39-14-10-27(41)29(39)11-15-38(16-12-29)28(42)25-18-26(24-3-1-2-13-36-24)40(37-25)21-8-9-22(23(32)17-21)30(33,34)35/h1-9,13,17-18H,10-12,14-16H2. The van der Waals surface area contributed by atoms with Gasteiger partial charge in [-0.05, 0) is 67.4 Å². The zero-order valence-electron chi connectivity index (χ0n) is 22.1. The first kappa shape index (κ1) is 27.6. The Hall–Kier alpha value is -4.61. The van der Waals surface area contributed by atoms with E-state index in [-0.39, 0.29) is 36.1 Å². The molecule has 2 saturated heterocycles. The van der Waals surface area contributed by atoms with Crippen LogP contribution in [-0.4, -0.2) is 56.5 Å². The molecule has 2 aromatic carbocycles. The lowest BCUT2D eigenvalue weighted by molar-refractivity contribution is -0.140. The number of amides is 1. The van der Waals surface area contributed by atoms with Gasteiger partial charge in [0.05, 0.1) is 22.6 Å². The van der Waals surface area contributed by atoms with Crippen molar-refractivity contribution in [1.29, 1.82) is 0 Å². The average molecular weight is 582 g/mol. The van der Waals surface area contributed by atoms with E-state index in [2.05, 4.69) is 10.1 Å². The fraction of sp³-hybridized carbons (Fsp3) is 0.267. The predicted molar refractivity (Wildman–Crippen MR) is 143 cm³/mol. The highest BCUT2D eigenvalue weighted by Gasteiger charge is 2.50. The molecular formula is C30H24F5N5O2. The maximum Gasteiger partial charge on any atom is 0.419 e. The molecule has 0 bridgehead atoms. The summed E-state index contributed by atoms with van der Waals surface area (Å²) in [6, 6.07) is 14.9. The van der Waals surface area contributed by atoms with E-state index in [1.165, 1.54) is 29.1 Å². The number of halogens is 5. The number of hydrogen-bond acceptors (Lipinski definition) is 5. The van der Waals surface area contributed by atoms with E-state index >= 15 is 0 Å². The summed E-state index contributed by atoms with van der Waals surface area (Å²) in [4.78, 5) is 34.5. The van der Waals surface area contributed by atoms with E-state index in [1.54, 1.807) is 35.2 Å². The van der Waals surface area contributed by atoms with Crippen molar-refractivity contribution in [1.82, 2.24) is 19.7 Å². The summed E-state index contributed by atoms with van der Waals surface area (Å²) in [6.45, 7) is 1.01. The smallest absolute Gasteiger partial charge is 0.358 e. The lowest BCUT2D eigenvalue weighted by atomic mass is 9.83. The molecule has 2 aliphatic heterocycles. The van der Waals surface area contributed by atoms with Gasteiger partial charge in [-0.15, -0.1) is 0 Å². The highest BCUT2D eigenvalue weighted by Crippen LogP contribution is 2.40. The second-order valence-corrected chi connectivity index (χ2v) is 10.3. The van der Waals surface area contributed by atoms with Crippen LogP contribution in [0, 0.1) is 11.6 Å². The molecule has 0 saturated carbocycles. The number of aromatic nitrogens is 3. The van der Waals surface area contributed by atoms with Crippen LogP contribution in [0.15, 0.2) is 72.9 Å². The van der Waals surface area contributed by atoms with Gasteiger partial charge in [-0.1, -0.05) is 6.07 Å². The second-order valence-electron chi connectivity index (χ2n) is 10.3. The molecule has 216 valence electrons. The van der Waals surface area contributed by atoms with Crippen molar-refractivity contribution >= 4 is 17.4 Å². The Bertz CT molecular complexity index is 1650. The third kappa shape index (κ3) is 4.80. The van der Waals surface area contributed by atoms with E-state index in [1.807, 2.05) is 4.90 Å². The highest BCUT2D eigenvalue weighted by molar-refractivity contribution is 5.97. The number of nitrogens with zero attached hydrogens (tertiary/aromatic N) is 5. The summed E-state index contributed by atoms with van der Waals surface area (Å²) in [5, 5.41) is 4.36. The number of hydrogen-bond donors (Lipinski definition) is 0. The number of alkyl halides is 3. The van der Waals surface area contributed by atoms with Crippen molar-refractivity contribution in [2.75, 3.05) is 24.5 Å². The van der Waals surface area contributed by atoms with Crippen molar-refractivity contribution in [2.45, 2.75) is 31.0 Å². The largest absolute Gasteiger partial charge is 0.419 e. The van der Waals surface area contributed by atoms with E-state index in [0.717, 1.165) is 17.8 Å². The van der Waals surface area contributed by atoms with Crippen molar-refractivity contribution in [2.24, 2.45) is 0 Å². The van der Waals surface area contributed by atoms with Crippen LogP contribution in [0.4, 0.5) is 27.6 Å². The third-order valence-electron chi connectivity index (χ3n) is 7.97. The maximum atomic E-state index is 14.5. The Balaban J connectivity index is 1.29. The molecule has 1 spiro atoms. The van der Waals surface area contributed by atoms with Gasteiger partial charge >= 0.3 is 6.18 Å². The Morgan fingerprint density at radius 1 is 0.881 bits per heavy atom. The minimum absolute atomic E-state index is 0.0000447. The van der Waals surface area contributed by atoms with E-state index in [9.17, 15) is 31.5 Å². The van der Waals surface area contributed by atoms with E-state index in [4.69, 9.17) is 0 Å². The van der Waals surface area contributed by atoms with Crippen LogP contribution in [0.25, 0.3) is 17.1 Å². The van der Waals surface area contributed by atoms with Gasteiger partial charge in [0.1, 0.15) is 17.2 Å². The molecule has 12 heteroatoms. The van der Waals surface area contributed by atoms with Gasteiger partial charge in [0.2, 0.25) is 0 Å². The molecule has 0 aliphatic carbocycles. The molecule has 7 nitrogen and oxygen atoms in total. The lowest BCUT2D eigenvalue weighted by Crippen LogP contribution is -2.56. The van der Waals surface area contributed by atoms with Crippen molar-refractivity contribution in [3.63, 3.8) is 0 Å². The number of Topliss-reactive ketones (excluding diaryl/α,β-unsaturated/α-hetero) is 1. The molecule has 2 aliphatic rings. The topological polar surface area (TPSA) is 71.3 Å². The number of carbonyl (C=O) groups is 2. The minimum atomic E-state index is -4.86. The van der Waals surface area contributed by atoms with Crippen molar-refractivity contribution < 1.29 is 31.5 Å². The fourth-order valence-corrected chi connectivity index (χ4v) is 5.84.